The van der Waals surface area contributed by atoms with Crippen molar-refractivity contribution in [2.24, 2.45) is 23.3 Å². The number of carboxylic acid groups (broad SMARTS) is 1. The Hall–Kier alpha value is -1.66. The van der Waals surface area contributed by atoms with Crippen molar-refractivity contribution < 1.29 is 29.7 Å². The summed E-state index contributed by atoms with van der Waals surface area (Å²) in [5, 5.41) is 28.8. The maximum atomic E-state index is 12.1. The highest BCUT2D eigenvalue weighted by molar-refractivity contribution is 7.80. The maximum Gasteiger partial charge on any atom is 0.309 e. The van der Waals surface area contributed by atoms with Crippen molar-refractivity contribution in [3.8, 4) is 0 Å². The Morgan fingerprint density at radius 3 is 2.15 bits per heavy atom. The molecule has 0 saturated carbocycles. The molecule has 1 unspecified atom stereocenters. The molecule has 0 radical (unpaired) electrons. The van der Waals surface area contributed by atoms with Gasteiger partial charge in [-0.2, -0.15) is 0 Å². The molecule has 10 nitrogen and oxygen atoms in total. The molecule has 150 valence electrons. The minimum Gasteiger partial charge on any atom is -0.481 e. The monoisotopic (exact) mass is 392 g/mol. The van der Waals surface area contributed by atoms with Gasteiger partial charge in [0.25, 0.3) is 0 Å². The Morgan fingerprint density at radius 2 is 1.73 bits per heavy atom. The molecule has 0 spiro atoms. The second-order valence-corrected chi connectivity index (χ2v) is 6.73. The lowest BCUT2D eigenvalue weighted by Gasteiger charge is -2.27. The first-order chi connectivity index (χ1) is 12.0. The molecule has 0 rings (SSSR count). The molecule has 0 bridgehead atoms. The number of aliphatic hydroxyl groups is 2. The molecule has 4 atom stereocenters. The average Bonchev–Trinajstić information content (AvgIpc) is 2.50. The number of Topliss-reactive ketones (excluding diaryl/α,β-unsaturated/α-hetero) is 1. The lowest BCUT2D eigenvalue weighted by Crippen LogP contribution is -2.50. The zero-order valence-electron chi connectivity index (χ0n) is 14.9. The van der Waals surface area contributed by atoms with Crippen molar-refractivity contribution in [3.05, 3.63) is 0 Å². The van der Waals surface area contributed by atoms with Crippen molar-refractivity contribution in [1.82, 2.24) is 10.4 Å². The molecule has 0 aromatic rings. The number of rotatable bonds is 13. The lowest BCUT2D eigenvalue weighted by molar-refractivity contribution is -0.145. The average molecular weight is 392 g/mol. The second kappa shape index (κ2) is 11.9. The van der Waals surface area contributed by atoms with E-state index in [0.717, 1.165) is 0 Å². The summed E-state index contributed by atoms with van der Waals surface area (Å²) in [5.41, 5.74) is 13.8. The van der Waals surface area contributed by atoms with Crippen LogP contribution >= 0.6 is 12.2 Å². The summed E-state index contributed by atoms with van der Waals surface area (Å²) >= 11 is 5.22. The van der Waals surface area contributed by atoms with Gasteiger partial charge in [0, 0.05) is 44.8 Å². The van der Waals surface area contributed by atoms with Crippen LogP contribution in [-0.4, -0.2) is 75.3 Å². The molecular formula is C15H28N4O6S. The van der Waals surface area contributed by atoms with Crippen molar-refractivity contribution in [1.29, 1.82) is 0 Å². The quantitative estimate of drug-likeness (QED) is 0.151. The predicted molar refractivity (Wildman–Crippen MR) is 97.8 cm³/mol. The summed E-state index contributed by atoms with van der Waals surface area (Å²) in [7, 11) is 1.63. The third-order valence-corrected chi connectivity index (χ3v) is 4.17. The van der Waals surface area contributed by atoms with Gasteiger partial charge < -0.3 is 32.2 Å². The molecule has 0 aromatic heterocycles. The van der Waals surface area contributed by atoms with Crippen LogP contribution < -0.4 is 16.9 Å². The van der Waals surface area contributed by atoms with Gasteiger partial charge in [0.1, 0.15) is 5.78 Å². The number of hydrogen-bond donors (Lipinski definition) is 6. The number of nitrogens with two attached hydrogens (primary N) is 2. The third-order valence-electron chi connectivity index (χ3n) is 3.74. The van der Waals surface area contributed by atoms with Gasteiger partial charge in [-0.05, 0) is 6.92 Å². The molecule has 11 heteroatoms. The first kappa shape index (κ1) is 24.3. The number of ketones is 1. The third kappa shape index (κ3) is 9.73. The number of carbonyl (C=O) groups excluding carboxylic acids is 2. The smallest absolute Gasteiger partial charge is 0.309 e. The van der Waals surface area contributed by atoms with E-state index in [1.165, 1.54) is 5.01 Å². The minimum absolute atomic E-state index is 0.174. The molecule has 0 aliphatic rings. The van der Waals surface area contributed by atoms with Crippen molar-refractivity contribution >= 4 is 34.9 Å². The van der Waals surface area contributed by atoms with Crippen LogP contribution in [0.15, 0.2) is 0 Å². The van der Waals surface area contributed by atoms with Crippen LogP contribution in [0.2, 0.25) is 0 Å². The van der Waals surface area contributed by atoms with Crippen molar-refractivity contribution in [3.63, 3.8) is 0 Å². The van der Waals surface area contributed by atoms with Gasteiger partial charge in [-0.25, -0.2) is 5.01 Å². The highest BCUT2D eigenvalue weighted by atomic mass is 32.1. The number of primary amides is 1. The van der Waals surface area contributed by atoms with Gasteiger partial charge in [-0.1, -0.05) is 12.2 Å². The normalized spacial score (nSPS) is 15.8. The van der Waals surface area contributed by atoms with Crippen LogP contribution in [0.3, 0.4) is 0 Å². The Morgan fingerprint density at radius 1 is 1.19 bits per heavy atom. The van der Waals surface area contributed by atoms with E-state index in [4.69, 9.17) is 33.9 Å². The molecule has 0 aliphatic heterocycles. The highest BCUT2D eigenvalue weighted by Crippen LogP contribution is 2.15. The number of thiocarbonyl (C=S) groups is 1. The van der Waals surface area contributed by atoms with Crippen LogP contribution in [0.25, 0.3) is 0 Å². The standard InChI is InChI=1S/C15H28N4O6S/c1-8(21)12(16)6-19(2)18-14(26)9(5-13(17)23)3-11(22)4-10(7-20)15(24)25/h8-10,12,20-21H,3-7,16H2,1-2H3,(H2,17,23)(H,18,26)(H,24,25)/t8?,9-,10-,12+/m1/s1. The van der Waals surface area contributed by atoms with E-state index < -0.39 is 48.2 Å². The first-order valence-electron chi connectivity index (χ1n) is 8.06. The number of aliphatic carboxylic acids is 1. The number of aliphatic hydroxyl groups excluding tert-OH is 2. The fourth-order valence-corrected chi connectivity index (χ4v) is 2.48. The van der Waals surface area contributed by atoms with E-state index in [-0.39, 0.29) is 30.8 Å². The molecule has 0 aromatic carbocycles. The van der Waals surface area contributed by atoms with Gasteiger partial charge in [0.15, 0.2) is 0 Å². The van der Waals surface area contributed by atoms with E-state index in [1.807, 2.05) is 0 Å². The topological polar surface area (TPSA) is 179 Å². The van der Waals surface area contributed by atoms with E-state index in [9.17, 15) is 19.5 Å². The summed E-state index contributed by atoms with van der Waals surface area (Å²) in [5.74, 6) is -4.31. The zero-order valence-corrected chi connectivity index (χ0v) is 15.7. The molecular weight excluding hydrogens is 364 g/mol. The number of carboxylic acids is 1. The van der Waals surface area contributed by atoms with Crippen LogP contribution in [0.5, 0.6) is 0 Å². The zero-order chi connectivity index (χ0) is 20.4. The molecule has 26 heavy (non-hydrogen) atoms. The molecule has 0 aliphatic carbocycles. The summed E-state index contributed by atoms with van der Waals surface area (Å²) < 4.78 is 0. The fraction of sp³-hybridized carbons (Fsp3) is 0.733. The Bertz CT molecular complexity index is 516. The summed E-state index contributed by atoms with van der Waals surface area (Å²) in [6, 6.07) is -0.535. The largest absolute Gasteiger partial charge is 0.481 e. The van der Waals surface area contributed by atoms with Crippen LogP contribution in [0, 0.1) is 11.8 Å². The molecule has 0 heterocycles. The first-order valence-corrected chi connectivity index (χ1v) is 8.47. The number of hydrazine groups is 1. The Kier molecular flexibility index (Phi) is 11.1. The highest BCUT2D eigenvalue weighted by Gasteiger charge is 2.26. The molecule has 8 N–H and O–H groups in total. The van der Waals surface area contributed by atoms with Crippen molar-refractivity contribution in [2.75, 3.05) is 20.2 Å². The number of carbonyl (C=O) groups is 3. The number of nitrogens with zero attached hydrogens (tertiary/aromatic N) is 1. The Balaban J connectivity index is 4.86. The van der Waals surface area contributed by atoms with Gasteiger partial charge in [-0.3, -0.25) is 14.4 Å². The molecule has 0 fully saturated rings. The predicted octanol–water partition coefficient (Wildman–Crippen LogP) is -2.01. The fourth-order valence-electron chi connectivity index (χ4n) is 2.16. The van der Waals surface area contributed by atoms with E-state index >= 15 is 0 Å². The van der Waals surface area contributed by atoms with Gasteiger partial charge in [0.2, 0.25) is 5.91 Å². The van der Waals surface area contributed by atoms with E-state index in [0.29, 0.717) is 0 Å². The maximum absolute atomic E-state index is 12.1. The summed E-state index contributed by atoms with van der Waals surface area (Å²) in [6.45, 7) is 1.14. The van der Waals surface area contributed by atoms with Crippen molar-refractivity contribution in [2.45, 2.75) is 38.3 Å². The second-order valence-electron chi connectivity index (χ2n) is 6.29. The van der Waals surface area contributed by atoms with E-state index in [2.05, 4.69) is 5.43 Å². The van der Waals surface area contributed by atoms with Crippen LogP contribution in [-0.2, 0) is 14.4 Å². The number of amides is 1. The number of likely N-dealkylation sites (N-methyl/N-ethyl adjacent to an activating group) is 1. The van der Waals surface area contributed by atoms with Gasteiger partial charge in [-0.15, -0.1) is 0 Å². The molecule has 0 saturated heterocycles. The van der Waals surface area contributed by atoms with E-state index in [1.54, 1.807) is 14.0 Å². The SMILES string of the molecule is CC(O)[C@@H](N)CN(C)NC(=S)[C@@H](CC(N)=O)CC(=O)C[C@H](CO)C(=O)O. The molecule has 1 amide bonds. The minimum atomic E-state index is -1.28. The number of nitrogens with one attached hydrogen (secondary N) is 1. The van der Waals surface area contributed by atoms with Gasteiger partial charge >= 0.3 is 5.97 Å². The van der Waals surface area contributed by atoms with Crippen LogP contribution in [0.4, 0.5) is 0 Å². The summed E-state index contributed by atoms with van der Waals surface area (Å²) in [4.78, 5) is 34.4. The lowest BCUT2D eigenvalue weighted by atomic mass is 9.93. The number of hydrogen-bond acceptors (Lipinski definition) is 8. The van der Waals surface area contributed by atoms with Crippen LogP contribution in [0.1, 0.15) is 26.2 Å². The summed E-state index contributed by atoms with van der Waals surface area (Å²) in [6.07, 6.45) is -1.48. The van der Waals surface area contributed by atoms with Gasteiger partial charge in [0.05, 0.1) is 23.6 Å². The Labute approximate surface area is 157 Å².